The number of thiazole rings is 1. The molecule has 0 bridgehead atoms. The normalized spacial score (nSPS) is 12.0. The average molecular weight is 396 g/mol. The van der Waals surface area contributed by atoms with Crippen LogP contribution in [0.15, 0.2) is 34.6 Å². The first-order valence-corrected chi connectivity index (χ1v) is 11.1. The van der Waals surface area contributed by atoms with Crippen LogP contribution in [0, 0.1) is 6.92 Å². The summed E-state index contributed by atoms with van der Waals surface area (Å²) in [6.07, 6.45) is 1.96. The van der Waals surface area contributed by atoms with E-state index in [1.54, 1.807) is 23.5 Å². The number of nitrogens with one attached hydrogen (secondary N) is 3. The lowest BCUT2D eigenvalue weighted by atomic mass is 10.2. The zero-order valence-electron chi connectivity index (χ0n) is 15.2. The molecule has 0 aliphatic rings. The Bertz CT molecular complexity index is 846. The first-order chi connectivity index (χ1) is 12.4. The van der Waals surface area contributed by atoms with Crippen molar-refractivity contribution >= 4 is 33.0 Å². The first-order valence-electron chi connectivity index (χ1n) is 8.36. The van der Waals surface area contributed by atoms with Gasteiger partial charge in [0, 0.05) is 24.9 Å². The molecule has 2 rings (SSSR count). The van der Waals surface area contributed by atoms with Crippen LogP contribution < -0.4 is 15.4 Å². The predicted octanol–water partition coefficient (Wildman–Crippen LogP) is 2.12. The fraction of sp³-hybridized carbons (Fsp3) is 0.412. The third-order valence-electron chi connectivity index (χ3n) is 3.40. The Kier molecular flexibility index (Phi) is 7.40. The lowest BCUT2D eigenvalue weighted by Gasteiger charge is -2.12. The predicted molar refractivity (Wildman–Crippen MR) is 108 cm³/mol. The van der Waals surface area contributed by atoms with Crippen LogP contribution in [0.25, 0.3) is 0 Å². The van der Waals surface area contributed by atoms with Crippen LogP contribution in [0.3, 0.4) is 0 Å². The van der Waals surface area contributed by atoms with Crippen LogP contribution in [0.5, 0.6) is 0 Å². The standard InChI is InChI=1S/C17H25N5O2S2/c1-4-18-17(19-10-9-15-12-25-13(2)21-15)20-11-14-7-5-6-8-16(14)22-26(3,23)24/h5-8,12,22H,4,9-11H2,1-3H3,(H2,18,19,20). The second-order valence-corrected chi connectivity index (χ2v) is 8.57. The summed E-state index contributed by atoms with van der Waals surface area (Å²) in [5.41, 5.74) is 2.43. The highest BCUT2D eigenvalue weighted by Crippen LogP contribution is 2.17. The smallest absolute Gasteiger partial charge is 0.229 e. The molecule has 26 heavy (non-hydrogen) atoms. The molecule has 0 atom stereocenters. The molecule has 1 heterocycles. The zero-order chi connectivity index (χ0) is 19.0. The molecule has 0 unspecified atom stereocenters. The number of hydrogen-bond donors (Lipinski definition) is 3. The fourth-order valence-corrected chi connectivity index (χ4v) is 3.54. The Morgan fingerprint density at radius 2 is 2.04 bits per heavy atom. The number of hydrogen-bond acceptors (Lipinski definition) is 5. The van der Waals surface area contributed by atoms with E-state index in [-0.39, 0.29) is 0 Å². The number of aliphatic imine (C=N–C) groups is 1. The largest absolute Gasteiger partial charge is 0.357 e. The lowest BCUT2D eigenvalue weighted by Crippen LogP contribution is -2.38. The second-order valence-electron chi connectivity index (χ2n) is 5.76. The molecule has 9 heteroatoms. The van der Waals surface area contributed by atoms with Gasteiger partial charge in [0.15, 0.2) is 5.96 Å². The van der Waals surface area contributed by atoms with Crippen LogP contribution in [-0.4, -0.2) is 38.7 Å². The van der Waals surface area contributed by atoms with E-state index >= 15 is 0 Å². The van der Waals surface area contributed by atoms with Gasteiger partial charge in [0.05, 0.1) is 29.2 Å². The molecule has 0 fully saturated rings. The summed E-state index contributed by atoms with van der Waals surface area (Å²) in [5, 5.41) is 9.60. The number of aromatic nitrogens is 1. The van der Waals surface area contributed by atoms with Crippen molar-refractivity contribution in [3.8, 4) is 0 Å². The topological polar surface area (TPSA) is 95.5 Å². The molecule has 1 aromatic heterocycles. The number of nitrogens with zero attached hydrogens (tertiary/aromatic N) is 2. The molecule has 0 radical (unpaired) electrons. The fourth-order valence-electron chi connectivity index (χ4n) is 2.30. The molecule has 0 saturated heterocycles. The third kappa shape index (κ3) is 7.01. The molecular weight excluding hydrogens is 370 g/mol. The van der Waals surface area contributed by atoms with Crippen molar-refractivity contribution in [1.82, 2.24) is 15.6 Å². The van der Waals surface area contributed by atoms with Crippen molar-refractivity contribution in [2.75, 3.05) is 24.1 Å². The van der Waals surface area contributed by atoms with Crippen molar-refractivity contribution in [1.29, 1.82) is 0 Å². The molecular formula is C17H25N5O2S2. The number of sulfonamides is 1. The Labute approximate surface area is 159 Å². The molecule has 0 amide bonds. The van der Waals surface area contributed by atoms with Crippen molar-refractivity contribution in [3.63, 3.8) is 0 Å². The quantitative estimate of drug-likeness (QED) is 0.470. The number of rotatable bonds is 8. The zero-order valence-corrected chi connectivity index (χ0v) is 16.9. The SMILES string of the molecule is CCNC(=NCc1ccccc1NS(C)(=O)=O)NCCc1csc(C)n1. The lowest BCUT2D eigenvalue weighted by molar-refractivity contribution is 0.606. The van der Waals surface area contributed by atoms with E-state index in [1.807, 2.05) is 26.0 Å². The van der Waals surface area contributed by atoms with E-state index in [4.69, 9.17) is 0 Å². The van der Waals surface area contributed by atoms with Gasteiger partial charge in [-0.25, -0.2) is 18.4 Å². The van der Waals surface area contributed by atoms with Gasteiger partial charge in [-0.1, -0.05) is 18.2 Å². The van der Waals surface area contributed by atoms with Gasteiger partial charge < -0.3 is 10.6 Å². The number of guanidine groups is 1. The monoisotopic (exact) mass is 395 g/mol. The molecule has 142 valence electrons. The summed E-state index contributed by atoms with van der Waals surface area (Å²) in [7, 11) is -3.33. The molecule has 3 N–H and O–H groups in total. The molecule has 0 saturated carbocycles. The second kappa shape index (κ2) is 9.54. The molecule has 0 aliphatic carbocycles. The Morgan fingerprint density at radius 1 is 1.27 bits per heavy atom. The number of anilines is 1. The maximum absolute atomic E-state index is 11.5. The summed E-state index contributed by atoms with van der Waals surface area (Å²) >= 11 is 1.65. The summed E-state index contributed by atoms with van der Waals surface area (Å²) in [4.78, 5) is 9.00. The molecule has 2 aromatic rings. The van der Waals surface area contributed by atoms with Crippen LogP contribution >= 0.6 is 11.3 Å². The van der Waals surface area contributed by atoms with Gasteiger partial charge in [-0.2, -0.15) is 0 Å². The third-order valence-corrected chi connectivity index (χ3v) is 4.82. The van der Waals surface area contributed by atoms with Crippen LogP contribution in [0.4, 0.5) is 5.69 Å². The van der Waals surface area contributed by atoms with Gasteiger partial charge in [0.2, 0.25) is 10.0 Å². The van der Waals surface area contributed by atoms with Crippen molar-refractivity contribution in [2.45, 2.75) is 26.8 Å². The van der Waals surface area contributed by atoms with Crippen molar-refractivity contribution in [3.05, 3.63) is 45.9 Å². The van der Waals surface area contributed by atoms with Crippen LogP contribution in [0.1, 0.15) is 23.2 Å². The minimum Gasteiger partial charge on any atom is -0.357 e. The summed E-state index contributed by atoms with van der Waals surface area (Å²) in [6.45, 7) is 5.82. The first kappa shape index (κ1) is 20.2. The van der Waals surface area contributed by atoms with Gasteiger partial charge in [0.1, 0.15) is 0 Å². The highest BCUT2D eigenvalue weighted by atomic mass is 32.2. The molecule has 1 aromatic carbocycles. The number of benzene rings is 1. The van der Waals surface area contributed by atoms with E-state index < -0.39 is 10.0 Å². The molecule has 0 spiro atoms. The van der Waals surface area contributed by atoms with Gasteiger partial charge >= 0.3 is 0 Å². The van der Waals surface area contributed by atoms with Gasteiger partial charge in [0.25, 0.3) is 0 Å². The average Bonchev–Trinajstić information content (AvgIpc) is 2.98. The van der Waals surface area contributed by atoms with Crippen molar-refractivity contribution < 1.29 is 8.42 Å². The highest BCUT2D eigenvalue weighted by molar-refractivity contribution is 7.92. The maximum atomic E-state index is 11.5. The number of aryl methyl sites for hydroxylation is 1. The van der Waals surface area contributed by atoms with Crippen LogP contribution in [-0.2, 0) is 23.0 Å². The molecule has 0 aliphatic heterocycles. The van der Waals surface area contributed by atoms with E-state index in [2.05, 4.69) is 30.7 Å². The minimum atomic E-state index is -3.33. The Morgan fingerprint density at radius 3 is 2.69 bits per heavy atom. The maximum Gasteiger partial charge on any atom is 0.229 e. The summed E-state index contributed by atoms with van der Waals surface area (Å²) in [6, 6.07) is 7.25. The molecule has 7 nitrogen and oxygen atoms in total. The van der Waals surface area contributed by atoms with E-state index in [9.17, 15) is 8.42 Å². The van der Waals surface area contributed by atoms with E-state index in [0.29, 0.717) is 18.2 Å². The van der Waals surface area contributed by atoms with E-state index in [1.165, 1.54) is 0 Å². The number of para-hydroxylation sites is 1. The van der Waals surface area contributed by atoms with E-state index in [0.717, 1.165) is 42.0 Å². The van der Waals surface area contributed by atoms with Gasteiger partial charge in [-0.3, -0.25) is 4.72 Å². The van der Waals surface area contributed by atoms with Crippen LogP contribution in [0.2, 0.25) is 0 Å². The minimum absolute atomic E-state index is 0.365. The highest BCUT2D eigenvalue weighted by Gasteiger charge is 2.07. The summed E-state index contributed by atoms with van der Waals surface area (Å²) < 4.78 is 25.5. The Balaban J connectivity index is 2.00. The van der Waals surface area contributed by atoms with Gasteiger partial charge in [-0.05, 0) is 25.5 Å². The summed E-state index contributed by atoms with van der Waals surface area (Å²) in [5.74, 6) is 0.689. The van der Waals surface area contributed by atoms with Crippen molar-refractivity contribution in [2.24, 2.45) is 4.99 Å². The van der Waals surface area contributed by atoms with Gasteiger partial charge in [-0.15, -0.1) is 11.3 Å². The Hall–Kier alpha value is -2.13.